The molecular formula is C6H10O6. The van der Waals surface area contributed by atoms with Crippen molar-refractivity contribution in [3.63, 3.8) is 0 Å². The van der Waals surface area contributed by atoms with Crippen LogP contribution in [0.25, 0.3) is 0 Å². The molecule has 0 amide bonds. The number of carboxylic acid groups (broad SMARTS) is 1. The lowest BCUT2D eigenvalue weighted by molar-refractivity contribution is -0.170. The van der Waals surface area contributed by atoms with Crippen LogP contribution in [0.5, 0.6) is 0 Å². The van der Waals surface area contributed by atoms with Gasteiger partial charge in [-0.15, -0.1) is 0 Å². The van der Waals surface area contributed by atoms with Gasteiger partial charge in [0.15, 0.2) is 12.2 Å². The average Bonchev–Trinajstić information content (AvgIpc) is 2.03. The van der Waals surface area contributed by atoms with E-state index in [2.05, 4.69) is 9.47 Å². The summed E-state index contributed by atoms with van der Waals surface area (Å²) in [6.45, 7) is 0. The van der Waals surface area contributed by atoms with Gasteiger partial charge in [0.25, 0.3) is 0 Å². The Bertz CT molecular complexity index is 177. The molecule has 6 nitrogen and oxygen atoms in total. The third-order valence-electron chi connectivity index (χ3n) is 1.23. The summed E-state index contributed by atoms with van der Waals surface area (Å²) in [5, 5.41) is 17.4. The van der Waals surface area contributed by atoms with E-state index in [4.69, 9.17) is 10.2 Å². The number of methoxy groups -OCH3 is 2. The van der Waals surface area contributed by atoms with Gasteiger partial charge in [-0.05, 0) is 0 Å². The third kappa shape index (κ3) is 2.48. The number of hydrogen-bond acceptors (Lipinski definition) is 5. The highest BCUT2D eigenvalue weighted by Crippen LogP contribution is 2.00. The first kappa shape index (κ1) is 10.9. The van der Waals surface area contributed by atoms with Crippen LogP contribution in [0, 0.1) is 0 Å². The molecule has 0 fully saturated rings. The van der Waals surface area contributed by atoms with Gasteiger partial charge < -0.3 is 19.7 Å². The maximum Gasteiger partial charge on any atom is 0.338 e. The fraction of sp³-hybridized carbons (Fsp3) is 0.667. The van der Waals surface area contributed by atoms with Crippen molar-refractivity contribution in [2.24, 2.45) is 0 Å². The smallest absolute Gasteiger partial charge is 0.338 e. The Labute approximate surface area is 68.7 Å². The van der Waals surface area contributed by atoms with Gasteiger partial charge >= 0.3 is 11.9 Å². The Hall–Kier alpha value is -1.14. The van der Waals surface area contributed by atoms with Crippen molar-refractivity contribution < 1.29 is 29.3 Å². The van der Waals surface area contributed by atoms with E-state index in [1.54, 1.807) is 0 Å². The van der Waals surface area contributed by atoms with Gasteiger partial charge in [0, 0.05) is 7.11 Å². The predicted molar refractivity (Wildman–Crippen MR) is 36.5 cm³/mol. The molecule has 0 rings (SSSR count). The van der Waals surface area contributed by atoms with Gasteiger partial charge in [-0.25, -0.2) is 9.59 Å². The van der Waals surface area contributed by atoms with Crippen molar-refractivity contribution in [3.05, 3.63) is 0 Å². The molecule has 12 heavy (non-hydrogen) atoms. The van der Waals surface area contributed by atoms with Gasteiger partial charge in [-0.2, -0.15) is 0 Å². The zero-order valence-corrected chi connectivity index (χ0v) is 6.68. The minimum atomic E-state index is -1.79. The maximum absolute atomic E-state index is 10.6. The summed E-state index contributed by atoms with van der Waals surface area (Å²) in [6, 6.07) is 0. The second kappa shape index (κ2) is 4.68. The second-order valence-electron chi connectivity index (χ2n) is 1.96. The molecule has 0 heterocycles. The Balaban J connectivity index is 4.30. The fourth-order valence-electron chi connectivity index (χ4n) is 0.609. The molecule has 0 aliphatic rings. The molecule has 0 aliphatic heterocycles. The normalized spacial score (nSPS) is 14.9. The summed E-state index contributed by atoms with van der Waals surface area (Å²) >= 11 is 0. The standard InChI is InChI=1S/C6H10O6/c1-11-4(5(8)9)3(7)6(10)12-2/h3-4,7H,1-2H3,(H,8,9)/t3-,4-/m0/s1. The predicted octanol–water partition coefficient (Wildman–Crippen LogP) is -1.38. The molecule has 0 aromatic rings. The highest BCUT2D eigenvalue weighted by molar-refractivity contribution is 5.84. The molecule has 0 aromatic carbocycles. The summed E-state index contributed by atoms with van der Waals surface area (Å²) in [7, 11) is 2.12. The van der Waals surface area contributed by atoms with Crippen LogP contribution < -0.4 is 0 Å². The van der Waals surface area contributed by atoms with Crippen molar-refractivity contribution in [2.75, 3.05) is 14.2 Å². The number of hydrogen-bond donors (Lipinski definition) is 2. The topological polar surface area (TPSA) is 93.1 Å². The number of carboxylic acids is 1. The van der Waals surface area contributed by atoms with Crippen LogP contribution in [-0.2, 0) is 19.1 Å². The van der Waals surface area contributed by atoms with Crippen molar-refractivity contribution in [3.8, 4) is 0 Å². The lowest BCUT2D eigenvalue weighted by Crippen LogP contribution is -2.41. The number of rotatable bonds is 4. The molecule has 0 aromatic heterocycles. The van der Waals surface area contributed by atoms with Crippen LogP contribution in [0.15, 0.2) is 0 Å². The van der Waals surface area contributed by atoms with Gasteiger partial charge in [0.1, 0.15) is 0 Å². The van der Waals surface area contributed by atoms with E-state index < -0.39 is 24.1 Å². The summed E-state index contributed by atoms with van der Waals surface area (Å²) in [6.07, 6.45) is -3.38. The monoisotopic (exact) mass is 178 g/mol. The zero-order valence-electron chi connectivity index (χ0n) is 6.68. The van der Waals surface area contributed by atoms with E-state index in [1.807, 2.05) is 0 Å². The summed E-state index contributed by atoms with van der Waals surface area (Å²) in [4.78, 5) is 20.9. The minimum Gasteiger partial charge on any atom is -0.479 e. The van der Waals surface area contributed by atoms with E-state index in [0.29, 0.717) is 0 Å². The number of aliphatic hydroxyl groups excluding tert-OH is 1. The lowest BCUT2D eigenvalue weighted by Gasteiger charge is -2.14. The zero-order chi connectivity index (χ0) is 9.72. The van der Waals surface area contributed by atoms with Gasteiger partial charge in [-0.3, -0.25) is 0 Å². The highest BCUT2D eigenvalue weighted by Gasteiger charge is 2.32. The number of esters is 1. The lowest BCUT2D eigenvalue weighted by atomic mass is 10.2. The van der Waals surface area contributed by atoms with E-state index in [1.165, 1.54) is 0 Å². The molecule has 0 saturated heterocycles. The van der Waals surface area contributed by atoms with Gasteiger partial charge in [-0.1, -0.05) is 0 Å². The molecule has 0 radical (unpaired) electrons. The second-order valence-corrected chi connectivity index (χ2v) is 1.96. The van der Waals surface area contributed by atoms with Crippen LogP contribution in [0.4, 0.5) is 0 Å². The fourth-order valence-corrected chi connectivity index (χ4v) is 0.609. The van der Waals surface area contributed by atoms with Gasteiger partial charge in [0.05, 0.1) is 7.11 Å². The van der Waals surface area contributed by atoms with Crippen LogP contribution in [0.2, 0.25) is 0 Å². The number of aliphatic carboxylic acids is 1. The largest absolute Gasteiger partial charge is 0.479 e. The number of carbonyl (C=O) groups is 2. The summed E-state index contributed by atoms with van der Waals surface area (Å²) < 4.78 is 8.46. The first-order valence-corrected chi connectivity index (χ1v) is 3.06. The Morgan fingerprint density at radius 1 is 1.33 bits per heavy atom. The van der Waals surface area contributed by atoms with E-state index in [-0.39, 0.29) is 0 Å². The van der Waals surface area contributed by atoms with E-state index in [0.717, 1.165) is 14.2 Å². The van der Waals surface area contributed by atoms with Crippen LogP contribution >= 0.6 is 0 Å². The average molecular weight is 178 g/mol. The Kier molecular flexibility index (Phi) is 4.24. The SMILES string of the molecule is COC(=O)[C@@H](O)[C@H](OC)C(=O)O. The molecule has 6 heteroatoms. The van der Waals surface area contributed by atoms with Crippen LogP contribution in [-0.4, -0.2) is 48.6 Å². The quantitative estimate of drug-likeness (QED) is 0.515. The van der Waals surface area contributed by atoms with E-state index >= 15 is 0 Å². The minimum absolute atomic E-state index is 1.04. The van der Waals surface area contributed by atoms with Crippen LogP contribution in [0.3, 0.4) is 0 Å². The molecular weight excluding hydrogens is 168 g/mol. The number of ether oxygens (including phenoxy) is 2. The van der Waals surface area contributed by atoms with Crippen molar-refractivity contribution in [1.82, 2.24) is 0 Å². The molecule has 2 atom stereocenters. The molecule has 0 saturated carbocycles. The third-order valence-corrected chi connectivity index (χ3v) is 1.23. The molecule has 0 aliphatic carbocycles. The van der Waals surface area contributed by atoms with E-state index in [9.17, 15) is 9.59 Å². The van der Waals surface area contributed by atoms with Crippen molar-refractivity contribution in [1.29, 1.82) is 0 Å². The number of aliphatic hydroxyl groups is 1. The van der Waals surface area contributed by atoms with Gasteiger partial charge in [0.2, 0.25) is 0 Å². The summed E-state index contributed by atoms with van der Waals surface area (Å²) in [5.74, 6) is -2.46. The highest BCUT2D eigenvalue weighted by atomic mass is 16.6. The molecule has 70 valence electrons. The first-order chi connectivity index (χ1) is 5.54. The number of carbonyl (C=O) groups excluding carboxylic acids is 1. The molecule has 0 spiro atoms. The molecule has 2 N–H and O–H groups in total. The summed E-state index contributed by atoms with van der Waals surface area (Å²) in [5.41, 5.74) is 0. The molecule has 0 unspecified atom stereocenters. The van der Waals surface area contributed by atoms with Crippen molar-refractivity contribution >= 4 is 11.9 Å². The van der Waals surface area contributed by atoms with Crippen LogP contribution in [0.1, 0.15) is 0 Å². The maximum atomic E-state index is 10.6. The molecule has 0 bridgehead atoms. The Morgan fingerprint density at radius 2 is 1.83 bits per heavy atom. The van der Waals surface area contributed by atoms with Crippen molar-refractivity contribution in [2.45, 2.75) is 12.2 Å². The first-order valence-electron chi connectivity index (χ1n) is 3.06. The Morgan fingerprint density at radius 3 is 2.08 bits per heavy atom.